The van der Waals surface area contributed by atoms with Crippen LogP contribution >= 0.6 is 11.6 Å². The fourth-order valence-corrected chi connectivity index (χ4v) is 3.17. The van der Waals surface area contributed by atoms with Gasteiger partial charge in [-0.3, -0.25) is 0 Å². The molecule has 0 radical (unpaired) electrons. The van der Waals surface area contributed by atoms with Gasteiger partial charge in [-0.05, 0) is 22.8 Å². The lowest BCUT2D eigenvalue weighted by molar-refractivity contribution is 0.346. The van der Waals surface area contributed by atoms with Gasteiger partial charge in [-0.2, -0.15) is 0 Å². The Labute approximate surface area is 143 Å². The summed E-state index contributed by atoms with van der Waals surface area (Å²) in [6.07, 6.45) is 2.02. The topological polar surface area (TPSA) is 12.9 Å². The number of hydrogen-bond acceptors (Lipinski definition) is 1. The van der Waals surface area contributed by atoms with E-state index in [4.69, 9.17) is 16.6 Å². The first-order chi connectivity index (χ1) is 11.0. The van der Waals surface area contributed by atoms with E-state index in [2.05, 4.69) is 57.2 Å². The van der Waals surface area contributed by atoms with Crippen molar-refractivity contribution in [3.8, 4) is 11.1 Å². The third-order valence-electron chi connectivity index (χ3n) is 4.61. The van der Waals surface area contributed by atoms with Crippen LogP contribution in [-0.4, -0.2) is 4.98 Å². The molecule has 1 aromatic heterocycles. The lowest BCUT2D eigenvalue weighted by Gasteiger charge is -2.24. The first-order valence-electron chi connectivity index (χ1n) is 8.14. The van der Waals surface area contributed by atoms with Crippen molar-refractivity contribution in [3.05, 3.63) is 65.4 Å². The number of rotatable bonds is 4. The molecule has 2 heteroatoms. The van der Waals surface area contributed by atoms with E-state index in [-0.39, 0.29) is 5.41 Å². The molecule has 1 heterocycles. The van der Waals surface area contributed by atoms with Crippen LogP contribution in [0.2, 0.25) is 5.15 Å². The van der Waals surface area contributed by atoms with Crippen molar-refractivity contribution in [2.75, 3.05) is 0 Å². The number of fused-ring (bicyclic) bond motifs is 1. The van der Waals surface area contributed by atoms with Gasteiger partial charge in [0.15, 0.2) is 0 Å². The lowest BCUT2D eigenvalue weighted by atomic mass is 9.82. The van der Waals surface area contributed by atoms with E-state index in [9.17, 15) is 0 Å². The first-order valence-corrected chi connectivity index (χ1v) is 8.52. The molecule has 0 bridgehead atoms. The summed E-state index contributed by atoms with van der Waals surface area (Å²) in [6, 6.07) is 18.8. The van der Waals surface area contributed by atoms with Crippen molar-refractivity contribution in [3.63, 3.8) is 0 Å². The molecule has 0 spiro atoms. The molecule has 0 atom stereocenters. The standard InChI is InChI=1S/C21H22ClN/c1-4-21(2,3)14-18-19(15-10-6-5-7-11-15)16-12-8-9-13-17(16)20(22)23-18/h5-13H,4,14H2,1-3H3. The highest BCUT2D eigenvalue weighted by molar-refractivity contribution is 6.34. The molecule has 2 aromatic carbocycles. The smallest absolute Gasteiger partial charge is 0.137 e. The Morgan fingerprint density at radius 2 is 1.52 bits per heavy atom. The number of nitrogens with zero attached hydrogens (tertiary/aromatic N) is 1. The number of aromatic nitrogens is 1. The molecule has 0 aliphatic heterocycles. The maximum Gasteiger partial charge on any atom is 0.137 e. The Hall–Kier alpha value is -1.86. The van der Waals surface area contributed by atoms with Crippen LogP contribution in [0.4, 0.5) is 0 Å². The molecule has 1 nitrogen and oxygen atoms in total. The predicted molar refractivity (Wildman–Crippen MR) is 100.0 cm³/mol. The van der Waals surface area contributed by atoms with Gasteiger partial charge in [0.05, 0.1) is 5.69 Å². The average molecular weight is 324 g/mol. The number of benzene rings is 2. The van der Waals surface area contributed by atoms with Gasteiger partial charge in [0, 0.05) is 10.9 Å². The zero-order valence-corrected chi connectivity index (χ0v) is 14.7. The van der Waals surface area contributed by atoms with E-state index in [0.29, 0.717) is 5.15 Å². The Balaban J connectivity index is 2.30. The van der Waals surface area contributed by atoms with Gasteiger partial charge in [-0.15, -0.1) is 0 Å². The Kier molecular flexibility index (Phi) is 4.41. The fourth-order valence-electron chi connectivity index (χ4n) is 2.90. The number of halogens is 1. The average Bonchev–Trinajstić information content (AvgIpc) is 2.56. The molecule has 0 saturated carbocycles. The minimum Gasteiger partial charge on any atom is -0.240 e. The first kappa shape index (κ1) is 16.0. The Morgan fingerprint density at radius 3 is 2.17 bits per heavy atom. The van der Waals surface area contributed by atoms with Gasteiger partial charge in [-0.1, -0.05) is 93.4 Å². The molecular weight excluding hydrogens is 302 g/mol. The van der Waals surface area contributed by atoms with Crippen molar-refractivity contribution < 1.29 is 0 Å². The number of pyridine rings is 1. The zero-order valence-electron chi connectivity index (χ0n) is 13.9. The molecule has 0 unspecified atom stereocenters. The summed E-state index contributed by atoms with van der Waals surface area (Å²) in [7, 11) is 0. The largest absolute Gasteiger partial charge is 0.240 e. The molecule has 0 aliphatic carbocycles. The second kappa shape index (κ2) is 6.33. The summed E-state index contributed by atoms with van der Waals surface area (Å²) < 4.78 is 0. The van der Waals surface area contributed by atoms with E-state index in [1.165, 1.54) is 16.5 Å². The molecule has 0 fully saturated rings. The molecule has 118 valence electrons. The maximum atomic E-state index is 6.48. The van der Waals surface area contributed by atoms with Crippen molar-refractivity contribution in [1.82, 2.24) is 4.98 Å². The molecule has 0 aliphatic rings. The van der Waals surface area contributed by atoms with Crippen molar-refractivity contribution in [1.29, 1.82) is 0 Å². The summed E-state index contributed by atoms with van der Waals surface area (Å²) in [4.78, 5) is 4.78. The maximum absolute atomic E-state index is 6.48. The van der Waals surface area contributed by atoms with E-state index in [0.717, 1.165) is 23.9 Å². The highest BCUT2D eigenvalue weighted by Gasteiger charge is 2.22. The number of hydrogen-bond donors (Lipinski definition) is 0. The van der Waals surface area contributed by atoms with Crippen LogP contribution in [0.25, 0.3) is 21.9 Å². The summed E-state index contributed by atoms with van der Waals surface area (Å²) in [6.45, 7) is 6.80. The Bertz CT molecular complexity index is 822. The third kappa shape index (κ3) is 3.25. The van der Waals surface area contributed by atoms with Gasteiger partial charge in [0.25, 0.3) is 0 Å². The molecule has 0 N–H and O–H groups in total. The summed E-state index contributed by atoms with van der Waals surface area (Å²) in [5, 5.41) is 2.80. The normalized spacial score (nSPS) is 11.8. The zero-order chi connectivity index (χ0) is 16.4. The highest BCUT2D eigenvalue weighted by atomic mass is 35.5. The van der Waals surface area contributed by atoms with Gasteiger partial charge >= 0.3 is 0 Å². The molecule has 23 heavy (non-hydrogen) atoms. The van der Waals surface area contributed by atoms with Gasteiger partial charge in [0.2, 0.25) is 0 Å². The highest BCUT2D eigenvalue weighted by Crippen LogP contribution is 2.37. The van der Waals surface area contributed by atoms with Gasteiger partial charge in [0.1, 0.15) is 5.15 Å². The Morgan fingerprint density at radius 1 is 0.913 bits per heavy atom. The molecule has 0 saturated heterocycles. The van der Waals surface area contributed by atoms with Crippen LogP contribution in [0, 0.1) is 5.41 Å². The predicted octanol–water partition coefficient (Wildman–Crippen LogP) is 6.53. The minimum absolute atomic E-state index is 0.197. The second-order valence-electron chi connectivity index (χ2n) is 6.83. The summed E-state index contributed by atoms with van der Waals surface area (Å²) in [5.74, 6) is 0. The summed E-state index contributed by atoms with van der Waals surface area (Å²) >= 11 is 6.48. The van der Waals surface area contributed by atoms with Crippen LogP contribution in [-0.2, 0) is 6.42 Å². The van der Waals surface area contributed by atoms with Gasteiger partial charge in [-0.25, -0.2) is 4.98 Å². The third-order valence-corrected chi connectivity index (χ3v) is 4.89. The van der Waals surface area contributed by atoms with Crippen molar-refractivity contribution in [2.45, 2.75) is 33.6 Å². The molecule has 3 aromatic rings. The fraction of sp³-hybridized carbons (Fsp3) is 0.286. The quantitative estimate of drug-likeness (QED) is 0.497. The molecular formula is C21H22ClN. The second-order valence-corrected chi connectivity index (χ2v) is 7.19. The van der Waals surface area contributed by atoms with Crippen molar-refractivity contribution in [2.24, 2.45) is 5.41 Å². The van der Waals surface area contributed by atoms with Crippen LogP contribution < -0.4 is 0 Å². The van der Waals surface area contributed by atoms with E-state index >= 15 is 0 Å². The molecule has 0 amide bonds. The van der Waals surface area contributed by atoms with Crippen LogP contribution in [0.1, 0.15) is 32.9 Å². The van der Waals surface area contributed by atoms with Crippen LogP contribution in [0.5, 0.6) is 0 Å². The van der Waals surface area contributed by atoms with Gasteiger partial charge < -0.3 is 0 Å². The SMILES string of the molecule is CCC(C)(C)Cc1nc(Cl)c2ccccc2c1-c1ccccc1. The van der Waals surface area contributed by atoms with E-state index in [1.54, 1.807) is 0 Å². The lowest BCUT2D eigenvalue weighted by Crippen LogP contribution is -2.15. The minimum atomic E-state index is 0.197. The monoisotopic (exact) mass is 323 g/mol. The van der Waals surface area contributed by atoms with Crippen LogP contribution in [0.15, 0.2) is 54.6 Å². The van der Waals surface area contributed by atoms with E-state index in [1.807, 2.05) is 18.2 Å². The van der Waals surface area contributed by atoms with E-state index < -0.39 is 0 Å². The van der Waals surface area contributed by atoms with Crippen molar-refractivity contribution >= 4 is 22.4 Å². The van der Waals surface area contributed by atoms with Crippen LogP contribution in [0.3, 0.4) is 0 Å². The summed E-state index contributed by atoms with van der Waals surface area (Å²) in [5.41, 5.74) is 3.70. The molecule has 3 rings (SSSR count).